The third-order valence-electron chi connectivity index (χ3n) is 4.35. The van der Waals surface area contributed by atoms with Crippen LogP contribution in [0.4, 0.5) is 0 Å². The molecule has 24 heavy (non-hydrogen) atoms. The molecule has 1 aliphatic rings. The molecule has 6 heteroatoms. The van der Waals surface area contributed by atoms with Crippen LogP contribution in [0, 0.1) is 0 Å². The van der Waals surface area contributed by atoms with Crippen LogP contribution in [0.3, 0.4) is 0 Å². The van der Waals surface area contributed by atoms with Crippen LogP contribution in [0.15, 0.2) is 39.5 Å². The van der Waals surface area contributed by atoms with Crippen LogP contribution in [0.1, 0.15) is 34.8 Å². The maximum atomic E-state index is 12.4. The number of thiophene rings is 1. The van der Waals surface area contributed by atoms with Crippen molar-refractivity contribution in [3.63, 3.8) is 0 Å². The molecule has 0 radical (unpaired) electrons. The number of carbonyl (C=O) groups is 1. The zero-order valence-electron chi connectivity index (χ0n) is 13.6. The van der Waals surface area contributed by atoms with Gasteiger partial charge in [-0.3, -0.25) is 9.69 Å². The predicted octanol–water partition coefficient (Wildman–Crippen LogP) is 4.09. The first-order valence-corrected chi connectivity index (χ1v) is 9.75. The van der Waals surface area contributed by atoms with Crippen LogP contribution in [0.25, 0.3) is 0 Å². The van der Waals surface area contributed by atoms with E-state index in [1.807, 2.05) is 23.6 Å². The summed E-state index contributed by atoms with van der Waals surface area (Å²) in [6.07, 6.45) is 2.43. The summed E-state index contributed by atoms with van der Waals surface area (Å²) in [6.45, 7) is 2.74. The maximum Gasteiger partial charge on any atom is 0.252 e. The van der Waals surface area contributed by atoms with Crippen molar-refractivity contribution in [2.45, 2.75) is 18.9 Å². The van der Waals surface area contributed by atoms with E-state index in [0.717, 1.165) is 22.6 Å². The zero-order valence-corrected chi connectivity index (χ0v) is 16.0. The van der Waals surface area contributed by atoms with Crippen LogP contribution in [-0.4, -0.2) is 37.6 Å². The van der Waals surface area contributed by atoms with Crippen molar-refractivity contribution in [3.05, 3.63) is 50.6 Å². The van der Waals surface area contributed by atoms with Crippen molar-refractivity contribution in [3.8, 4) is 5.75 Å². The predicted molar refractivity (Wildman–Crippen MR) is 101 cm³/mol. The number of halogens is 1. The summed E-state index contributed by atoms with van der Waals surface area (Å²) in [5.41, 5.74) is 1.89. The second-order valence-electron chi connectivity index (χ2n) is 5.89. The van der Waals surface area contributed by atoms with E-state index < -0.39 is 0 Å². The number of methoxy groups -OCH3 is 1. The van der Waals surface area contributed by atoms with Crippen molar-refractivity contribution in [1.82, 2.24) is 10.2 Å². The summed E-state index contributed by atoms with van der Waals surface area (Å²) >= 11 is 4.93. The van der Waals surface area contributed by atoms with Gasteiger partial charge >= 0.3 is 0 Å². The molecule has 1 N–H and O–H groups in total. The van der Waals surface area contributed by atoms with E-state index in [0.29, 0.717) is 12.1 Å². The van der Waals surface area contributed by atoms with Crippen molar-refractivity contribution < 1.29 is 9.53 Å². The Morgan fingerprint density at radius 1 is 1.38 bits per heavy atom. The molecule has 0 spiro atoms. The number of carbonyl (C=O) groups excluding carboxylic acids is 1. The second-order valence-corrected chi connectivity index (χ2v) is 8.18. The number of hydrogen-bond acceptors (Lipinski definition) is 4. The minimum atomic E-state index is -0.0240. The Kier molecular flexibility index (Phi) is 5.92. The standard InChI is InChI=1S/C18H21BrN2O2S/c1-23-15-6-4-5-13(9-15)16(21-7-2-3-8-21)11-20-18(22)14-10-17(19)24-12-14/h4-6,9-10,12,16H,2-3,7-8,11H2,1H3,(H,20,22). The molecular formula is C18H21BrN2O2S. The molecule has 1 atom stereocenters. The quantitative estimate of drug-likeness (QED) is 0.782. The molecule has 1 saturated heterocycles. The molecule has 3 rings (SSSR count). The summed E-state index contributed by atoms with van der Waals surface area (Å²) in [4.78, 5) is 14.8. The van der Waals surface area contributed by atoms with Crippen molar-refractivity contribution >= 4 is 33.2 Å². The minimum Gasteiger partial charge on any atom is -0.497 e. The van der Waals surface area contributed by atoms with Crippen LogP contribution in [0.2, 0.25) is 0 Å². The lowest BCUT2D eigenvalue weighted by molar-refractivity contribution is 0.0938. The lowest BCUT2D eigenvalue weighted by Crippen LogP contribution is -2.36. The number of benzene rings is 1. The van der Waals surface area contributed by atoms with Crippen LogP contribution >= 0.6 is 27.3 Å². The lowest BCUT2D eigenvalue weighted by atomic mass is 10.0. The number of hydrogen-bond donors (Lipinski definition) is 1. The molecule has 1 fully saturated rings. The number of amides is 1. The summed E-state index contributed by atoms with van der Waals surface area (Å²) in [5.74, 6) is 0.828. The molecule has 0 aliphatic carbocycles. The smallest absolute Gasteiger partial charge is 0.252 e. The number of likely N-dealkylation sites (tertiary alicyclic amines) is 1. The van der Waals surface area contributed by atoms with Gasteiger partial charge in [-0.15, -0.1) is 11.3 Å². The van der Waals surface area contributed by atoms with Crippen LogP contribution in [-0.2, 0) is 0 Å². The van der Waals surface area contributed by atoms with E-state index in [1.54, 1.807) is 7.11 Å². The molecule has 1 aromatic heterocycles. The SMILES string of the molecule is COc1cccc(C(CNC(=O)c2csc(Br)c2)N2CCCC2)c1. The fourth-order valence-corrected chi connectivity index (χ4v) is 4.22. The summed E-state index contributed by atoms with van der Waals surface area (Å²) in [6, 6.07) is 10.2. The van der Waals surface area contributed by atoms with Crippen molar-refractivity contribution in [1.29, 1.82) is 0 Å². The number of nitrogens with zero attached hydrogens (tertiary/aromatic N) is 1. The topological polar surface area (TPSA) is 41.6 Å². The molecule has 2 aromatic rings. The Hall–Kier alpha value is -1.37. The van der Waals surface area contributed by atoms with Gasteiger partial charge in [-0.1, -0.05) is 12.1 Å². The van der Waals surface area contributed by atoms with Gasteiger partial charge in [-0.05, 0) is 65.6 Å². The van der Waals surface area contributed by atoms with Gasteiger partial charge in [0.1, 0.15) is 5.75 Å². The highest BCUT2D eigenvalue weighted by atomic mass is 79.9. The van der Waals surface area contributed by atoms with Gasteiger partial charge in [0.15, 0.2) is 0 Å². The first-order chi connectivity index (χ1) is 11.7. The second kappa shape index (κ2) is 8.14. The maximum absolute atomic E-state index is 12.4. The normalized spacial score (nSPS) is 16.1. The number of nitrogens with one attached hydrogen (secondary N) is 1. The highest BCUT2D eigenvalue weighted by molar-refractivity contribution is 9.11. The zero-order chi connectivity index (χ0) is 16.9. The first kappa shape index (κ1) is 17.5. The molecule has 1 unspecified atom stereocenters. The minimum absolute atomic E-state index is 0.0240. The molecule has 1 aliphatic heterocycles. The number of rotatable bonds is 6. The largest absolute Gasteiger partial charge is 0.497 e. The lowest BCUT2D eigenvalue weighted by Gasteiger charge is -2.28. The Labute approximate surface area is 154 Å². The molecule has 1 aromatic carbocycles. The van der Waals surface area contributed by atoms with Gasteiger partial charge < -0.3 is 10.1 Å². The molecular weight excluding hydrogens is 388 g/mol. The van der Waals surface area contributed by atoms with E-state index in [4.69, 9.17) is 4.74 Å². The van der Waals surface area contributed by atoms with E-state index in [2.05, 4.69) is 38.3 Å². The third-order valence-corrected chi connectivity index (χ3v) is 5.85. The van der Waals surface area contributed by atoms with Gasteiger partial charge in [0.25, 0.3) is 5.91 Å². The highest BCUT2D eigenvalue weighted by Gasteiger charge is 2.24. The molecule has 4 nitrogen and oxygen atoms in total. The van der Waals surface area contributed by atoms with E-state index >= 15 is 0 Å². The summed E-state index contributed by atoms with van der Waals surface area (Å²) < 4.78 is 6.32. The summed E-state index contributed by atoms with van der Waals surface area (Å²) in [5, 5.41) is 4.96. The Morgan fingerprint density at radius 2 is 2.17 bits per heavy atom. The van der Waals surface area contributed by atoms with Crippen molar-refractivity contribution in [2.75, 3.05) is 26.7 Å². The first-order valence-electron chi connectivity index (χ1n) is 8.07. The highest BCUT2D eigenvalue weighted by Crippen LogP contribution is 2.27. The van der Waals surface area contributed by atoms with E-state index in [9.17, 15) is 4.79 Å². The van der Waals surface area contributed by atoms with Crippen LogP contribution < -0.4 is 10.1 Å². The monoisotopic (exact) mass is 408 g/mol. The fourth-order valence-electron chi connectivity index (χ4n) is 3.08. The Balaban J connectivity index is 1.73. The molecule has 0 bridgehead atoms. The Bertz CT molecular complexity index is 698. The van der Waals surface area contributed by atoms with Gasteiger partial charge in [0.2, 0.25) is 0 Å². The number of ether oxygens (including phenoxy) is 1. The summed E-state index contributed by atoms with van der Waals surface area (Å²) in [7, 11) is 1.68. The van der Waals surface area contributed by atoms with Crippen LogP contribution in [0.5, 0.6) is 5.75 Å². The fraction of sp³-hybridized carbons (Fsp3) is 0.389. The van der Waals surface area contributed by atoms with Gasteiger partial charge in [-0.2, -0.15) is 0 Å². The van der Waals surface area contributed by atoms with Crippen molar-refractivity contribution in [2.24, 2.45) is 0 Å². The van der Waals surface area contributed by atoms with Gasteiger partial charge in [0, 0.05) is 11.9 Å². The molecule has 1 amide bonds. The average molecular weight is 409 g/mol. The average Bonchev–Trinajstić information content (AvgIpc) is 3.27. The van der Waals surface area contributed by atoms with Gasteiger partial charge in [-0.25, -0.2) is 0 Å². The van der Waals surface area contributed by atoms with Gasteiger partial charge in [0.05, 0.1) is 22.5 Å². The molecule has 2 heterocycles. The molecule has 128 valence electrons. The molecule has 0 saturated carbocycles. The van der Waals surface area contributed by atoms with E-state index in [1.165, 1.54) is 29.7 Å². The van der Waals surface area contributed by atoms with E-state index in [-0.39, 0.29) is 11.9 Å². The Morgan fingerprint density at radius 3 is 2.83 bits per heavy atom. The third kappa shape index (κ3) is 4.18.